The van der Waals surface area contributed by atoms with Gasteiger partial charge in [0, 0.05) is 23.9 Å². The fourth-order valence-electron chi connectivity index (χ4n) is 1.63. The van der Waals surface area contributed by atoms with Gasteiger partial charge in [-0.1, -0.05) is 12.1 Å². The van der Waals surface area contributed by atoms with Crippen LogP contribution in [-0.2, 0) is 4.79 Å². The van der Waals surface area contributed by atoms with Crippen molar-refractivity contribution in [2.24, 2.45) is 0 Å². The third-order valence-electron chi connectivity index (χ3n) is 2.61. The van der Waals surface area contributed by atoms with Gasteiger partial charge >= 0.3 is 0 Å². The van der Waals surface area contributed by atoms with Crippen LogP contribution in [0.4, 0.5) is 24.5 Å². The molecule has 108 valence electrons. The Hall–Kier alpha value is -2.76. The molecule has 0 saturated carbocycles. The summed E-state index contributed by atoms with van der Waals surface area (Å²) in [6.07, 6.45) is 2.60. The Kier molecular flexibility index (Phi) is 4.27. The van der Waals surface area contributed by atoms with Crippen LogP contribution in [-0.4, -0.2) is 5.91 Å². The zero-order chi connectivity index (χ0) is 15.4. The zero-order valence-corrected chi connectivity index (χ0v) is 10.7. The number of rotatable bonds is 3. The topological polar surface area (TPSA) is 55.1 Å². The molecular formula is C15H11F3N2O. The van der Waals surface area contributed by atoms with Crippen molar-refractivity contribution in [3.63, 3.8) is 0 Å². The van der Waals surface area contributed by atoms with E-state index in [1.165, 1.54) is 6.08 Å². The molecule has 0 atom stereocenters. The van der Waals surface area contributed by atoms with Crippen LogP contribution in [0.25, 0.3) is 6.08 Å². The lowest BCUT2D eigenvalue weighted by molar-refractivity contribution is -0.111. The van der Waals surface area contributed by atoms with Crippen molar-refractivity contribution in [3.05, 3.63) is 65.5 Å². The van der Waals surface area contributed by atoms with Crippen LogP contribution >= 0.6 is 0 Å². The first-order valence-electron chi connectivity index (χ1n) is 5.95. The minimum atomic E-state index is -1.32. The summed E-state index contributed by atoms with van der Waals surface area (Å²) in [5.74, 6) is -4.30. The van der Waals surface area contributed by atoms with Gasteiger partial charge in [-0.05, 0) is 23.8 Å². The third kappa shape index (κ3) is 3.85. The number of amides is 1. The lowest BCUT2D eigenvalue weighted by Gasteiger charge is -2.04. The van der Waals surface area contributed by atoms with Crippen molar-refractivity contribution in [2.45, 2.75) is 0 Å². The first-order valence-corrected chi connectivity index (χ1v) is 5.95. The van der Waals surface area contributed by atoms with Crippen LogP contribution < -0.4 is 11.1 Å². The molecule has 0 aliphatic carbocycles. The number of carbonyl (C=O) groups is 1. The van der Waals surface area contributed by atoms with E-state index >= 15 is 0 Å². The number of benzene rings is 2. The van der Waals surface area contributed by atoms with E-state index in [9.17, 15) is 18.0 Å². The molecule has 0 bridgehead atoms. The molecule has 6 heteroatoms. The summed E-state index contributed by atoms with van der Waals surface area (Å²) < 4.78 is 39.1. The molecule has 1 amide bonds. The SMILES string of the molecule is Nc1cccc(/C=C/C(=O)Nc2cc(F)c(F)cc2F)c1. The molecule has 0 unspecified atom stereocenters. The molecule has 3 nitrogen and oxygen atoms in total. The number of nitrogen functional groups attached to an aromatic ring is 1. The van der Waals surface area contributed by atoms with Crippen LogP contribution in [0.1, 0.15) is 5.56 Å². The Morgan fingerprint density at radius 3 is 2.48 bits per heavy atom. The van der Waals surface area contributed by atoms with Crippen molar-refractivity contribution in [1.29, 1.82) is 0 Å². The highest BCUT2D eigenvalue weighted by Gasteiger charge is 2.10. The first-order chi connectivity index (χ1) is 9.95. The normalized spacial score (nSPS) is 10.8. The number of carbonyl (C=O) groups excluding carboxylic acids is 1. The molecule has 3 N–H and O–H groups in total. The van der Waals surface area contributed by atoms with Crippen molar-refractivity contribution in [3.8, 4) is 0 Å². The lowest BCUT2D eigenvalue weighted by Crippen LogP contribution is -2.10. The van der Waals surface area contributed by atoms with Gasteiger partial charge in [0.2, 0.25) is 5.91 Å². The first kappa shape index (κ1) is 14.6. The van der Waals surface area contributed by atoms with Gasteiger partial charge in [-0.25, -0.2) is 13.2 Å². The number of hydrogen-bond acceptors (Lipinski definition) is 2. The predicted molar refractivity (Wildman–Crippen MR) is 74.8 cm³/mol. The number of halogens is 3. The van der Waals surface area contributed by atoms with Gasteiger partial charge in [-0.3, -0.25) is 4.79 Å². The molecule has 21 heavy (non-hydrogen) atoms. The highest BCUT2D eigenvalue weighted by atomic mass is 19.2. The standard InChI is InChI=1S/C15H11F3N2O/c16-11-7-13(18)14(8-12(11)17)20-15(21)5-4-9-2-1-3-10(19)6-9/h1-8H,19H2,(H,20,21)/b5-4+. The van der Waals surface area contributed by atoms with E-state index in [1.807, 2.05) is 0 Å². The fraction of sp³-hybridized carbons (Fsp3) is 0. The van der Waals surface area contributed by atoms with E-state index < -0.39 is 29.0 Å². The Morgan fingerprint density at radius 1 is 1.05 bits per heavy atom. The highest BCUT2D eigenvalue weighted by molar-refractivity contribution is 6.02. The largest absolute Gasteiger partial charge is 0.399 e. The molecule has 0 saturated heterocycles. The van der Waals surface area contributed by atoms with Gasteiger partial charge in [0.25, 0.3) is 0 Å². The van der Waals surface area contributed by atoms with Crippen LogP contribution in [0.5, 0.6) is 0 Å². The molecule has 0 heterocycles. The molecule has 0 aliphatic heterocycles. The van der Waals surface area contributed by atoms with Crippen molar-refractivity contribution < 1.29 is 18.0 Å². The van der Waals surface area contributed by atoms with Crippen molar-refractivity contribution >= 4 is 23.4 Å². The highest BCUT2D eigenvalue weighted by Crippen LogP contribution is 2.18. The molecule has 0 radical (unpaired) electrons. The van der Waals surface area contributed by atoms with Gasteiger partial charge in [-0.2, -0.15) is 0 Å². The minimum absolute atomic E-state index is 0.368. The Balaban J connectivity index is 2.10. The molecule has 2 aromatic rings. The Morgan fingerprint density at radius 2 is 1.76 bits per heavy atom. The smallest absolute Gasteiger partial charge is 0.248 e. The Bertz CT molecular complexity index is 714. The summed E-state index contributed by atoms with van der Waals surface area (Å²) in [7, 11) is 0. The van der Waals surface area contributed by atoms with E-state index in [2.05, 4.69) is 5.32 Å². The average molecular weight is 292 g/mol. The quantitative estimate of drug-likeness (QED) is 0.518. The van der Waals surface area contributed by atoms with Crippen molar-refractivity contribution in [2.75, 3.05) is 11.1 Å². The maximum absolute atomic E-state index is 13.3. The van der Waals surface area contributed by atoms with Crippen molar-refractivity contribution in [1.82, 2.24) is 0 Å². The zero-order valence-electron chi connectivity index (χ0n) is 10.7. The van der Waals surface area contributed by atoms with Crippen LogP contribution in [0.15, 0.2) is 42.5 Å². The minimum Gasteiger partial charge on any atom is -0.399 e. The summed E-state index contributed by atoms with van der Waals surface area (Å²) in [4.78, 5) is 11.6. The van der Waals surface area contributed by atoms with Gasteiger partial charge in [-0.15, -0.1) is 0 Å². The summed E-state index contributed by atoms with van der Waals surface area (Å²) in [6.45, 7) is 0. The monoisotopic (exact) mass is 292 g/mol. The number of hydrogen-bond donors (Lipinski definition) is 2. The molecule has 2 rings (SSSR count). The molecule has 0 aliphatic rings. The molecule has 2 aromatic carbocycles. The van der Waals surface area contributed by atoms with Crippen LogP contribution in [0, 0.1) is 17.5 Å². The number of anilines is 2. The predicted octanol–water partition coefficient (Wildman–Crippen LogP) is 3.34. The van der Waals surface area contributed by atoms with Gasteiger partial charge in [0.1, 0.15) is 5.82 Å². The Labute approximate surface area is 118 Å². The molecule has 0 fully saturated rings. The summed E-state index contributed by atoms with van der Waals surface area (Å²) in [5.41, 5.74) is 6.35. The van der Waals surface area contributed by atoms with E-state index in [1.54, 1.807) is 24.3 Å². The summed E-state index contributed by atoms with van der Waals surface area (Å²) >= 11 is 0. The van der Waals surface area contributed by atoms with Gasteiger partial charge in [0.15, 0.2) is 11.6 Å². The van der Waals surface area contributed by atoms with E-state index in [0.717, 1.165) is 6.08 Å². The van der Waals surface area contributed by atoms with Crippen LogP contribution in [0.3, 0.4) is 0 Å². The molecule has 0 spiro atoms. The maximum Gasteiger partial charge on any atom is 0.248 e. The van der Waals surface area contributed by atoms with Crippen LogP contribution in [0.2, 0.25) is 0 Å². The van der Waals surface area contributed by atoms with E-state index in [4.69, 9.17) is 5.73 Å². The van der Waals surface area contributed by atoms with E-state index in [-0.39, 0.29) is 0 Å². The second kappa shape index (κ2) is 6.13. The maximum atomic E-state index is 13.3. The third-order valence-corrected chi connectivity index (χ3v) is 2.61. The second-order valence-corrected chi connectivity index (χ2v) is 4.24. The average Bonchev–Trinajstić information content (AvgIpc) is 2.43. The number of nitrogens with one attached hydrogen (secondary N) is 1. The lowest BCUT2D eigenvalue weighted by atomic mass is 10.2. The fourth-order valence-corrected chi connectivity index (χ4v) is 1.63. The van der Waals surface area contributed by atoms with Gasteiger partial charge < -0.3 is 11.1 Å². The number of nitrogens with two attached hydrogens (primary N) is 1. The second-order valence-electron chi connectivity index (χ2n) is 4.24. The van der Waals surface area contributed by atoms with Gasteiger partial charge in [0.05, 0.1) is 5.69 Å². The summed E-state index contributed by atoms with van der Waals surface area (Å²) in [5, 5.41) is 2.12. The van der Waals surface area contributed by atoms with E-state index in [0.29, 0.717) is 23.4 Å². The molecular weight excluding hydrogens is 281 g/mol. The molecule has 0 aromatic heterocycles. The summed E-state index contributed by atoms with van der Waals surface area (Å²) in [6, 6.07) is 7.71.